The van der Waals surface area contributed by atoms with Gasteiger partial charge in [0.1, 0.15) is 0 Å². The summed E-state index contributed by atoms with van der Waals surface area (Å²) in [5.41, 5.74) is 9.05. The van der Waals surface area contributed by atoms with Crippen molar-refractivity contribution in [2.45, 2.75) is 18.4 Å². The number of rotatable bonds is 3. The lowest BCUT2D eigenvalue weighted by molar-refractivity contribution is 0.835. The van der Waals surface area contributed by atoms with Crippen molar-refractivity contribution in [2.24, 2.45) is 5.73 Å². The van der Waals surface area contributed by atoms with E-state index >= 15 is 0 Å². The summed E-state index contributed by atoms with van der Waals surface area (Å²) in [5.74, 6) is 0. The van der Waals surface area contributed by atoms with E-state index in [9.17, 15) is 0 Å². The number of hydrogen-bond acceptors (Lipinski definition) is 3. The van der Waals surface area contributed by atoms with Crippen LogP contribution in [-0.4, -0.2) is 16.0 Å². The van der Waals surface area contributed by atoms with Crippen molar-refractivity contribution in [3.8, 4) is 5.69 Å². The van der Waals surface area contributed by atoms with E-state index in [1.165, 1.54) is 4.90 Å². The van der Waals surface area contributed by atoms with E-state index in [1.807, 2.05) is 36.0 Å². The molecule has 16 heavy (non-hydrogen) atoms. The molecule has 0 aliphatic heterocycles. The molecule has 0 atom stereocenters. The second kappa shape index (κ2) is 4.72. The number of aryl methyl sites for hydroxylation is 1. The molecular formula is C12H15N3S. The third-order valence-electron chi connectivity index (χ3n) is 2.50. The van der Waals surface area contributed by atoms with Crippen LogP contribution < -0.4 is 5.73 Å². The normalized spacial score (nSPS) is 10.7. The highest BCUT2D eigenvalue weighted by molar-refractivity contribution is 7.98. The molecule has 0 amide bonds. The molecule has 0 saturated carbocycles. The fraction of sp³-hybridized carbons (Fsp3) is 0.250. The van der Waals surface area contributed by atoms with E-state index < -0.39 is 0 Å². The summed E-state index contributed by atoms with van der Waals surface area (Å²) in [5, 5.41) is 4.42. The van der Waals surface area contributed by atoms with Crippen LogP contribution in [0.1, 0.15) is 11.3 Å². The molecule has 0 saturated heterocycles. The van der Waals surface area contributed by atoms with Gasteiger partial charge >= 0.3 is 0 Å². The number of nitrogens with two attached hydrogens (primary N) is 1. The van der Waals surface area contributed by atoms with Crippen molar-refractivity contribution in [1.29, 1.82) is 0 Å². The fourth-order valence-electron chi connectivity index (χ4n) is 1.71. The molecule has 0 unspecified atom stereocenters. The second-order valence-corrected chi connectivity index (χ2v) is 4.41. The highest BCUT2D eigenvalue weighted by atomic mass is 32.2. The van der Waals surface area contributed by atoms with E-state index in [2.05, 4.69) is 17.4 Å². The molecule has 1 aromatic carbocycles. The van der Waals surface area contributed by atoms with Crippen LogP contribution >= 0.6 is 11.8 Å². The average molecular weight is 233 g/mol. The highest BCUT2D eigenvalue weighted by Gasteiger charge is 2.08. The van der Waals surface area contributed by atoms with Crippen LogP contribution in [0.2, 0.25) is 0 Å². The number of thioether (sulfide) groups is 1. The van der Waals surface area contributed by atoms with Crippen molar-refractivity contribution in [1.82, 2.24) is 9.78 Å². The first-order valence-corrected chi connectivity index (χ1v) is 6.37. The smallest absolute Gasteiger partial charge is 0.0701 e. The maximum atomic E-state index is 5.82. The molecule has 84 valence electrons. The van der Waals surface area contributed by atoms with Crippen molar-refractivity contribution in [3.05, 3.63) is 41.7 Å². The Bertz CT molecular complexity index is 491. The Labute approximate surface area is 99.7 Å². The van der Waals surface area contributed by atoms with Crippen LogP contribution in [0, 0.1) is 6.92 Å². The molecule has 0 aliphatic rings. The second-order valence-electron chi connectivity index (χ2n) is 3.56. The van der Waals surface area contributed by atoms with Crippen molar-refractivity contribution >= 4 is 11.8 Å². The zero-order valence-electron chi connectivity index (χ0n) is 9.47. The number of benzene rings is 1. The van der Waals surface area contributed by atoms with Gasteiger partial charge in [-0.2, -0.15) is 5.10 Å². The molecule has 0 bridgehead atoms. The van der Waals surface area contributed by atoms with E-state index in [4.69, 9.17) is 5.73 Å². The minimum Gasteiger partial charge on any atom is -0.326 e. The quantitative estimate of drug-likeness (QED) is 0.828. The van der Waals surface area contributed by atoms with Gasteiger partial charge in [0, 0.05) is 23.2 Å². The summed E-state index contributed by atoms with van der Waals surface area (Å²) < 4.78 is 1.89. The van der Waals surface area contributed by atoms with E-state index in [1.54, 1.807) is 11.8 Å². The maximum absolute atomic E-state index is 5.82. The van der Waals surface area contributed by atoms with E-state index in [0.717, 1.165) is 16.9 Å². The molecule has 3 nitrogen and oxygen atoms in total. The Balaban J connectivity index is 2.56. The molecule has 2 rings (SSSR count). The zero-order valence-corrected chi connectivity index (χ0v) is 10.3. The van der Waals surface area contributed by atoms with Gasteiger partial charge in [-0.05, 0) is 31.4 Å². The highest BCUT2D eigenvalue weighted by Crippen LogP contribution is 2.25. The fourth-order valence-corrected chi connectivity index (χ4v) is 2.36. The summed E-state index contributed by atoms with van der Waals surface area (Å²) in [4.78, 5) is 1.22. The lowest BCUT2D eigenvalue weighted by Gasteiger charge is -2.11. The van der Waals surface area contributed by atoms with Gasteiger partial charge in [0.05, 0.1) is 11.4 Å². The number of hydrogen-bond donors (Lipinski definition) is 1. The van der Waals surface area contributed by atoms with E-state index in [0.29, 0.717) is 6.54 Å². The van der Waals surface area contributed by atoms with Crippen LogP contribution in [0.3, 0.4) is 0 Å². The van der Waals surface area contributed by atoms with Gasteiger partial charge < -0.3 is 5.73 Å². The first-order chi connectivity index (χ1) is 7.76. The molecule has 0 spiro atoms. The summed E-state index contributed by atoms with van der Waals surface area (Å²) in [6, 6.07) is 8.17. The zero-order chi connectivity index (χ0) is 11.5. The summed E-state index contributed by atoms with van der Waals surface area (Å²) >= 11 is 1.71. The topological polar surface area (TPSA) is 43.8 Å². The third kappa shape index (κ3) is 1.99. The Morgan fingerprint density at radius 1 is 1.38 bits per heavy atom. The Kier molecular flexibility index (Phi) is 3.31. The molecule has 4 heteroatoms. The molecule has 0 fully saturated rings. The van der Waals surface area contributed by atoms with E-state index in [-0.39, 0.29) is 0 Å². The minimum atomic E-state index is 0.533. The summed E-state index contributed by atoms with van der Waals surface area (Å²) in [7, 11) is 0. The standard InChI is InChI=1S/C12H15N3S/c1-9-6-7-15(14-9)11-4-3-5-12(16-2)10(11)8-13/h3-7H,8,13H2,1-2H3. The van der Waals surface area contributed by atoms with Gasteiger partial charge in [-0.3, -0.25) is 0 Å². The summed E-state index contributed by atoms with van der Waals surface area (Å²) in [6.07, 6.45) is 4.03. The molecule has 0 aliphatic carbocycles. The predicted octanol–water partition coefficient (Wildman–Crippen LogP) is 2.36. The monoisotopic (exact) mass is 233 g/mol. The number of nitrogens with zero attached hydrogens (tertiary/aromatic N) is 2. The van der Waals surface area contributed by atoms with Gasteiger partial charge in [0.15, 0.2) is 0 Å². The molecular weight excluding hydrogens is 218 g/mol. The van der Waals surface area contributed by atoms with Crippen LogP contribution in [0.25, 0.3) is 5.69 Å². The van der Waals surface area contributed by atoms with Gasteiger partial charge in [0.2, 0.25) is 0 Å². The van der Waals surface area contributed by atoms with Crippen molar-refractivity contribution < 1.29 is 0 Å². The lowest BCUT2D eigenvalue weighted by Crippen LogP contribution is -2.06. The van der Waals surface area contributed by atoms with Crippen molar-refractivity contribution in [3.63, 3.8) is 0 Å². The maximum Gasteiger partial charge on any atom is 0.0701 e. The van der Waals surface area contributed by atoms with Crippen molar-refractivity contribution in [2.75, 3.05) is 6.26 Å². The largest absolute Gasteiger partial charge is 0.326 e. The van der Waals surface area contributed by atoms with Gasteiger partial charge in [-0.15, -0.1) is 11.8 Å². The van der Waals surface area contributed by atoms with Gasteiger partial charge in [-0.25, -0.2) is 4.68 Å². The third-order valence-corrected chi connectivity index (χ3v) is 3.32. The Morgan fingerprint density at radius 3 is 2.75 bits per heavy atom. The first-order valence-electron chi connectivity index (χ1n) is 5.15. The van der Waals surface area contributed by atoms with Gasteiger partial charge in [-0.1, -0.05) is 6.07 Å². The first kappa shape index (κ1) is 11.2. The average Bonchev–Trinajstić information content (AvgIpc) is 2.74. The molecule has 0 radical (unpaired) electrons. The molecule has 2 N–H and O–H groups in total. The minimum absolute atomic E-state index is 0.533. The van der Waals surface area contributed by atoms with Crippen LogP contribution in [0.15, 0.2) is 35.4 Å². The summed E-state index contributed by atoms with van der Waals surface area (Å²) in [6.45, 7) is 2.52. The number of aromatic nitrogens is 2. The van der Waals surface area contributed by atoms with Crippen LogP contribution in [0.5, 0.6) is 0 Å². The molecule has 1 aromatic heterocycles. The Morgan fingerprint density at radius 2 is 2.19 bits per heavy atom. The van der Waals surface area contributed by atoms with Gasteiger partial charge in [0.25, 0.3) is 0 Å². The molecule has 2 aromatic rings. The Hall–Kier alpha value is -1.26. The predicted molar refractivity (Wildman–Crippen MR) is 68.0 cm³/mol. The SMILES string of the molecule is CSc1cccc(-n2ccc(C)n2)c1CN. The van der Waals surface area contributed by atoms with Crippen LogP contribution in [-0.2, 0) is 6.54 Å². The lowest BCUT2D eigenvalue weighted by atomic mass is 10.2. The van der Waals surface area contributed by atoms with Crippen LogP contribution in [0.4, 0.5) is 0 Å². The molecule has 1 heterocycles.